The zero-order valence-corrected chi connectivity index (χ0v) is 27.9. The molecule has 0 atom stereocenters. The van der Waals surface area contributed by atoms with E-state index in [0.29, 0.717) is 0 Å². The van der Waals surface area contributed by atoms with Crippen LogP contribution in [0.2, 0.25) is 0 Å². The van der Waals surface area contributed by atoms with Gasteiger partial charge in [-0.05, 0) is 0 Å². The van der Waals surface area contributed by atoms with Gasteiger partial charge in [-0.2, -0.15) is 12.0 Å². The standard InChI is InChI=1S/C5H4N2.7Y/c1-5-2-3-6-4-7-5;;;;;;;/h2H,1H3;;;;;;;/q-2;;;;;;;. The van der Waals surface area contributed by atoms with Crippen molar-refractivity contribution in [3.8, 4) is 0 Å². The maximum absolute atomic E-state index is 3.71. The van der Waals surface area contributed by atoms with Gasteiger partial charge in [0.1, 0.15) is 0 Å². The van der Waals surface area contributed by atoms with Crippen LogP contribution in [0.3, 0.4) is 0 Å². The summed E-state index contributed by atoms with van der Waals surface area (Å²) in [5.41, 5.74) is 0.898. The van der Waals surface area contributed by atoms with Crippen molar-refractivity contribution in [2.75, 3.05) is 0 Å². The Morgan fingerprint density at radius 3 is 1.50 bits per heavy atom. The van der Waals surface area contributed by atoms with Crippen LogP contribution >= 0.6 is 0 Å². The largest absolute Gasteiger partial charge is 0.524 e. The molecule has 0 aromatic carbocycles. The SMILES string of the molecule is Cc1c[c-]n[c-]n1.[Y].[Y].[Y].[Y].[Y].[Y].[Y]. The zero-order valence-electron chi connectivity index (χ0n) is 8.01. The number of aromatic nitrogens is 2. The Morgan fingerprint density at radius 1 is 0.929 bits per heavy atom. The second kappa shape index (κ2) is 32.0. The van der Waals surface area contributed by atoms with Gasteiger partial charge < -0.3 is 9.97 Å². The van der Waals surface area contributed by atoms with Crippen molar-refractivity contribution in [3.05, 3.63) is 24.3 Å². The predicted octanol–water partition coefficient (Wildman–Crippen LogP) is 0.368. The fourth-order valence-electron chi connectivity index (χ4n) is 0.291. The van der Waals surface area contributed by atoms with E-state index in [4.69, 9.17) is 0 Å². The Labute approximate surface area is 262 Å². The Morgan fingerprint density at radius 2 is 1.36 bits per heavy atom. The minimum Gasteiger partial charge on any atom is -0.524 e. The molecule has 0 aliphatic carbocycles. The van der Waals surface area contributed by atoms with Crippen molar-refractivity contribution in [2.24, 2.45) is 0 Å². The fourth-order valence-corrected chi connectivity index (χ4v) is 0.291. The summed E-state index contributed by atoms with van der Waals surface area (Å²) < 4.78 is 0. The molecule has 1 rings (SSSR count). The van der Waals surface area contributed by atoms with Gasteiger partial charge in [0.2, 0.25) is 0 Å². The van der Waals surface area contributed by atoms with Crippen molar-refractivity contribution in [2.45, 2.75) is 6.92 Å². The molecule has 1 aromatic heterocycles. The van der Waals surface area contributed by atoms with Gasteiger partial charge >= 0.3 is 0 Å². The van der Waals surface area contributed by atoms with E-state index < -0.39 is 0 Å². The number of hydrogen-bond acceptors (Lipinski definition) is 2. The summed E-state index contributed by atoms with van der Waals surface area (Å²) in [7, 11) is 0. The van der Waals surface area contributed by atoms with Gasteiger partial charge in [-0.25, -0.2) is 0 Å². The summed E-state index contributed by atoms with van der Waals surface area (Å²) in [6.45, 7) is 1.87. The minimum absolute atomic E-state index is 0. The predicted molar refractivity (Wildman–Crippen MR) is 24.4 cm³/mol. The molecule has 1 heterocycles. The molecule has 0 N–H and O–H groups in total. The molecule has 7 radical (unpaired) electrons. The summed E-state index contributed by atoms with van der Waals surface area (Å²) in [6.07, 6.45) is 5.00. The molecule has 0 amide bonds. The van der Waals surface area contributed by atoms with Crippen molar-refractivity contribution in [1.29, 1.82) is 0 Å². The van der Waals surface area contributed by atoms with Crippen LogP contribution in [0, 0.1) is 19.4 Å². The molecular weight excluding hydrogens is 710 g/mol. The van der Waals surface area contributed by atoms with Crippen LogP contribution in [-0.2, 0) is 229 Å². The molecule has 2 nitrogen and oxygen atoms in total. The first-order chi connectivity index (χ1) is 3.39. The summed E-state index contributed by atoms with van der Waals surface area (Å²) in [6, 6.07) is 1.70. The van der Waals surface area contributed by atoms with E-state index in [1.54, 1.807) is 6.07 Å². The zero-order chi connectivity index (χ0) is 5.11. The van der Waals surface area contributed by atoms with Crippen LogP contribution in [0.1, 0.15) is 5.69 Å². The summed E-state index contributed by atoms with van der Waals surface area (Å²) >= 11 is 0. The van der Waals surface area contributed by atoms with E-state index in [9.17, 15) is 0 Å². The monoisotopic (exact) mass is 714 g/mol. The van der Waals surface area contributed by atoms with Crippen LogP contribution in [0.4, 0.5) is 0 Å². The van der Waals surface area contributed by atoms with E-state index in [1.807, 2.05) is 6.92 Å². The second-order valence-electron chi connectivity index (χ2n) is 1.24. The van der Waals surface area contributed by atoms with Gasteiger partial charge in [0.25, 0.3) is 0 Å². The Kier molecular flexibility index (Phi) is 97.7. The first-order valence-corrected chi connectivity index (χ1v) is 1.97. The average Bonchev–Trinajstić information content (AvgIpc) is 1.69. The summed E-state index contributed by atoms with van der Waals surface area (Å²) in [4.78, 5) is 7.20. The van der Waals surface area contributed by atoms with Crippen molar-refractivity contribution in [3.63, 3.8) is 0 Å². The molecule has 0 aliphatic rings. The van der Waals surface area contributed by atoms with Crippen molar-refractivity contribution < 1.29 is 229 Å². The molecule has 0 bridgehead atoms. The van der Waals surface area contributed by atoms with Crippen molar-refractivity contribution in [1.82, 2.24) is 9.97 Å². The molecule has 1 aromatic rings. The molecule has 0 aliphatic heterocycles. The van der Waals surface area contributed by atoms with Crippen LogP contribution < -0.4 is 0 Å². The quantitative estimate of drug-likeness (QED) is 0.364. The van der Waals surface area contributed by atoms with Crippen LogP contribution in [0.5, 0.6) is 0 Å². The van der Waals surface area contributed by atoms with Gasteiger partial charge in [0.15, 0.2) is 0 Å². The van der Waals surface area contributed by atoms with Crippen LogP contribution in [-0.4, -0.2) is 9.97 Å². The molecule has 0 saturated carbocycles. The third-order valence-electron chi connectivity index (χ3n) is 0.614. The van der Waals surface area contributed by atoms with Gasteiger partial charge in [-0.1, -0.05) is 0 Å². The first kappa shape index (κ1) is 42.8. The normalized spacial score (nSPS) is 4.36. The molecule has 9 heteroatoms. The Hall–Kier alpha value is 6.81. The maximum atomic E-state index is 3.71. The number of hydrogen-bond donors (Lipinski definition) is 0. The molecule has 14 heavy (non-hydrogen) atoms. The van der Waals surface area contributed by atoms with Gasteiger partial charge in [0.05, 0.1) is 0 Å². The molecule has 0 spiro atoms. The number of nitrogens with zero attached hydrogens (tertiary/aromatic N) is 2. The average molecular weight is 714 g/mol. The Balaban J connectivity index is -0.0000000140. The third-order valence-corrected chi connectivity index (χ3v) is 0.614. The van der Waals surface area contributed by atoms with E-state index in [0.717, 1.165) is 5.69 Å². The van der Waals surface area contributed by atoms with E-state index >= 15 is 0 Å². The maximum Gasteiger partial charge on any atom is 0 e. The van der Waals surface area contributed by atoms with E-state index in [-0.39, 0.29) is 229 Å². The van der Waals surface area contributed by atoms with Crippen molar-refractivity contribution >= 4 is 0 Å². The minimum atomic E-state index is 0. The number of aryl methyl sites for hydroxylation is 1. The first-order valence-electron chi connectivity index (χ1n) is 1.97. The molecular formula is C5H4N2Y7-2. The number of rotatable bonds is 0. The van der Waals surface area contributed by atoms with Crippen LogP contribution in [0.15, 0.2) is 6.07 Å². The summed E-state index contributed by atoms with van der Waals surface area (Å²) in [5, 5.41) is 0. The molecule has 57 valence electrons. The molecule has 0 saturated heterocycles. The molecule has 0 unspecified atom stereocenters. The molecule has 0 fully saturated rings. The van der Waals surface area contributed by atoms with Crippen LogP contribution in [0.25, 0.3) is 0 Å². The van der Waals surface area contributed by atoms with E-state index in [2.05, 4.69) is 22.5 Å². The second-order valence-corrected chi connectivity index (χ2v) is 1.24. The Bertz CT molecular complexity index is 150. The summed E-state index contributed by atoms with van der Waals surface area (Å²) in [5.74, 6) is 0. The van der Waals surface area contributed by atoms with E-state index in [1.165, 1.54) is 0 Å². The fraction of sp³-hybridized carbons (Fsp3) is 0.200. The topological polar surface area (TPSA) is 25.8 Å². The smallest absolute Gasteiger partial charge is 0 e. The van der Waals surface area contributed by atoms with Gasteiger partial charge in [-0.15, -0.1) is 6.92 Å². The third kappa shape index (κ3) is 27.2. The van der Waals surface area contributed by atoms with Gasteiger partial charge in [0, 0.05) is 229 Å². The van der Waals surface area contributed by atoms with Gasteiger partial charge in [-0.3, -0.25) is 12.3 Å².